The Morgan fingerprint density at radius 1 is 1.08 bits per heavy atom. The van der Waals surface area contributed by atoms with Gasteiger partial charge in [0.15, 0.2) is 0 Å². The maximum Gasteiger partial charge on any atom is 0.230 e. The van der Waals surface area contributed by atoms with Crippen molar-refractivity contribution < 1.29 is 13.2 Å². The van der Waals surface area contributed by atoms with E-state index in [1.165, 1.54) is 16.6 Å². The van der Waals surface area contributed by atoms with Crippen molar-refractivity contribution in [2.75, 3.05) is 42.7 Å². The average molecular weight is 506 g/mol. The van der Waals surface area contributed by atoms with Crippen molar-refractivity contribution >= 4 is 33.6 Å². The normalized spacial score (nSPS) is 14.6. The predicted molar refractivity (Wildman–Crippen MR) is 139 cm³/mol. The average Bonchev–Trinajstić information content (AvgIpc) is 2.85. The summed E-state index contributed by atoms with van der Waals surface area (Å²) in [5.41, 5.74) is 3.50. The van der Waals surface area contributed by atoms with Gasteiger partial charge in [0.05, 0.1) is 24.2 Å². The lowest BCUT2D eigenvalue weighted by Gasteiger charge is -2.33. The number of aromatic nitrogens is 3. The molecule has 1 saturated heterocycles. The molecule has 186 valence electrons. The molecule has 0 atom stereocenters. The van der Waals surface area contributed by atoms with E-state index in [2.05, 4.69) is 25.2 Å². The lowest BCUT2D eigenvalue weighted by molar-refractivity contribution is 0.387. The van der Waals surface area contributed by atoms with Crippen LogP contribution in [0.1, 0.15) is 16.7 Å². The molecule has 1 aliphatic heterocycles. The van der Waals surface area contributed by atoms with Crippen LogP contribution in [0.15, 0.2) is 48.8 Å². The molecule has 11 heteroatoms. The Morgan fingerprint density at radius 3 is 2.42 bits per heavy atom. The van der Waals surface area contributed by atoms with Crippen molar-refractivity contribution in [2.24, 2.45) is 0 Å². The van der Waals surface area contributed by atoms with Gasteiger partial charge in [-0.05, 0) is 60.9 Å². The molecule has 0 radical (unpaired) electrons. The maximum absolute atomic E-state index is 11.7. The minimum absolute atomic E-state index is 0.368. The summed E-state index contributed by atoms with van der Waals surface area (Å²) < 4.78 is 31.0. The largest absolute Gasteiger partial charge is 0.438 e. The lowest BCUT2D eigenvalue weighted by Crippen LogP contribution is -2.48. The topological polar surface area (TPSA) is 124 Å². The third kappa shape index (κ3) is 6.16. The molecule has 0 bridgehead atoms. The number of benzene rings is 1. The van der Waals surface area contributed by atoms with E-state index < -0.39 is 10.0 Å². The zero-order valence-electron chi connectivity index (χ0n) is 20.3. The SMILES string of the molecule is Cc1cc(/C=C/C#N)cc(C)c1Oc1ccnc(Nc2ccc(N3CCN(S(C)(=O)=O)CC3)nc2)n1. The summed E-state index contributed by atoms with van der Waals surface area (Å²) in [5.74, 6) is 2.25. The fraction of sp³-hybridized carbons (Fsp3) is 0.280. The van der Waals surface area contributed by atoms with Crippen LogP contribution in [0.25, 0.3) is 6.08 Å². The van der Waals surface area contributed by atoms with Crippen LogP contribution >= 0.6 is 0 Å². The molecule has 3 aromatic rings. The van der Waals surface area contributed by atoms with Gasteiger partial charge in [0.1, 0.15) is 11.6 Å². The second-order valence-electron chi connectivity index (χ2n) is 8.45. The number of rotatable bonds is 7. The number of hydrogen-bond donors (Lipinski definition) is 1. The highest BCUT2D eigenvalue weighted by molar-refractivity contribution is 7.88. The molecule has 10 nitrogen and oxygen atoms in total. The van der Waals surface area contributed by atoms with E-state index in [0.717, 1.165) is 22.5 Å². The molecule has 36 heavy (non-hydrogen) atoms. The third-order valence-electron chi connectivity index (χ3n) is 5.71. The smallest absolute Gasteiger partial charge is 0.230 e. The molecule has 0 aliphatic carbocycles. The van der Waals surface area contributed by atoms with Gasteiger partial charge < -0.3 is 15.0 Å². The summed E-state index contributed by atoms with van der Waals surface area (Å²) >= 11 is 0. The third-order valence-corrected chi connectivity index (χ3v) is 7.01. The Hall–Kier alpha value is -4.01. The molecular formula is C25H27N7O3S. The number of pyridine rings is 1. The standard InChI is InChI=1S/C25H27N7O3S/c1-18-15-20(5-4-9-26)16-19(2)24(18)35-23-8-10-27-25(30-23)29-21-6-7-22(28-17-21)31-11-13-32(14-12-31)36(3,33)34/h4-8,10,15-17H,11-14H2,1-3H3,(H,27,29,30)/b5-4+. The molecule has 0 spiro atoms. The number of piperazine rings is 1. The van der Waals surface area contributed by atoms with Crippen LogP contribution in [-0.4, -0.2) is 60.1 Å². The van der Waals surface area contributed by atoms with E-state index >= 15 is 0 Å². The van der Waals surface area contributed by atoms with Gasteiger partial charge in [0, 0.05) is 44.5 Å². The fourth-order valence-corrected chi connectivity index (χ4v) is 4.79. The predicted octanol–water partition coefficient (Wildman–Crippen LogP) is 3.64. The van der Waals surface area contributed by atoms with Crippen LogP contribution < -0.4 is 15.0 Å². The van der Waals surface area contributed by atoms with Crippen LogP contribution in [-0.2, 0) is 10.0 Å². The van der Waals surface area contributed by atoms with E-state index in [0.29, 0.717) is 49.4 Å². The van der Waals surface area contributed by atoms with Crippen molar-refractivity contribution in [1.29, 1.82) is 5.26 Å². The molecule has 0 unspecified atom stereocenters. The Kier molecular flexibility index (Phi) is 7.47. The number of anilines is 3. The van der Waals surface area contributed by atoms with Crippen molar-refractivity contribution in [2.45, 2.75) is 13.8 Å². The van der Waals surface area contributed by atoms with E-state index in [4.69, 9.17) is 10.00 Å². The zero-order valence-corrected chi connectivity index (χ0v) is 21.2. The number of hydrogen-bond acceptors (Lipinski definition) is 9. The van der Waals surface area contributed by atoms with Crippen molar-refractivity contribution in [3.05, 3.63) is 65.5 Å². The van der Waals surface area contributed by atoms with Gasteiger partial charge in [-0.1, -0.05) is 0 Å². The number of nitrogens with zero attached hydrogens (tertiary/aromatic N) is 6. The Labute approximate surface area is 210 Å². The first-order valence-corrected chi connectivity index (χ1v) is 13.2. The lowest BCUT2D eigenvalue weighted by atomic mass is 10.1. The highest BCUT2D eigenvalue weighted by Gasteiger charge is 2.24. The maximum atomic E-state index is 11.7. The molecular weight excluding hydrogens is 478 g/mol. The van der Waals surface area contributed by atoms with Gasteiger partial charge in [-0.25, -0.2) is 18.4 Å². The van der Waals surface area contributed by atoms with E-state index in [1.807, 2.05) is 44.2 Å². The summed E-state index contributed by atoms with van der Waals surface area (Å²) in [6.07, 6.45) is 7.74. The molecule has 1 aliphatic rings. The van der Waals surface area contributed by atoms with Gasteiger partial charge in [-0.3, -0.25) is 0 Å². The summed E-state index contributed by atoms with van der Waals surface area (Å²) in [5, 5.41) is 11.9. The summed E-state index contributed by atoms with van der Waals surface area (Å²) in [7, 11) is -3.17. The molecule has 2 aromatic heterocycles. The van der Waals surface area contributed by atoms with E-state index in [9.17, 15) is 8.42 Å². The van der Waals surface area contributed by atoms with Gasteiger partial charge >= 0.3 is 0 Å². The number of nitriles is 1. The molecule has 3 heterocycles. The highest BCUT2D eigenvalue weighted by atomic mass is 32.2. The van der Waals surface area contributed by atoms with Crippen molar-refractivity contribution in [3.63, 3.8) is 0 Å². The number of ether oxygens (including phenoxy) is 1. The summed E-state index contributed by atoms with van der Waals surface area (Å²) in [4.78, 5) is 15.3. The van der Waals surface area contributed by atoms with Gasteiger partial charge in [-0.15, -0.1) is 0 Å². The zero-order chi connectivity index (χ0) is 25.7. The first-order valence-electron chi connectivity index (χ1n) is 11.3. The number of allylic oxidation sites excluding steroid dienone is 1. The Balaban J connectivity index is 1.41. The summed E-state index contributed by atoms with van der Waals surface area (Å²) in [6, 6.07) is 11.3. The monoisotopic (exact) mass is 505 g/mol. The van der Waals surface area contributed by atoms with Gasteiger partial charge in [-0.2, -0.15) is 14.6 Å². The van der Waals surface area contributed by atoms with Crippen molar-refractivity contribution in [1.82, 2.24) is 19.3 Å². The fourth-order valence-electron chi connectivity index (χ4n) is 3.96. The van der Waals surface area contributed by atoms with Crippen LogP contribution in [0.4, 0.5) is 17.5 Å². The molecule has 1 aromatic carbocycles. The second kappa shape index (κ2) is 10.7. The van der Waals surface area contributed by atoms with Crippen molar-refractivity contribution in [3.8, 4) is 17.7 Å². The second-order valence-corrected chi connectivity index (χ2v) is 10.4. The number of aryl methyl sites for hydroxylation is 2. The minimum atomic E-state index is -3.17. The number of nitrogens with one attached hydrogen (secondary N) is 1. The summed E-state index contributed by atoms with van der Waals surface area (Å²) in [6.45, 7) is 5.95. The van der Waals surface area contributed by atoms with E-state index in [1.54, 1.807) is 24.5 Å². The van der Waals surface area contributed by atoms with Crippen LogP contribution in [0.3, 0.4) is 0 Å². The molecule has 4 rings (SSSR count). The molecule has 0 saturated carbocycles. The Morgan fingerprint density at radius 2 is 1.81 bits per heavy atom. The van der Waals surface area contributed by atoms with Gasteiger partial charge in [0.2, 0.25) is 21.9 Å². The Bertz CT molecular complexity index is 1390. The minimum Gasteiger partial charge on any atom is -0.438 e. The van der Waals surface area contributed by atoms with Gasteiger partial charge in [0.25, 0.3) is 0 Å². The first-order chi connectivity index (χ1) is 17.2. The van der Waals surface area contributed by atoms with Crippen LogP contribution in [0, 0.1) is 25.2 Å². The molecule has 0 amide bonds. The molecule has 1 N–H and O–H groups in total. The van der Waals surface area contributed by atoms with Crippen LogP contribution in [0.2, 0.25) is 0 Å². The van der Waals surface area contributed by atoms with Crippen LogP contribution in [0.5, 0.6) is 11.6 Å². The number of sulfonamides is 1. The first kappa shape index (κ1) is 25.1. The van der Waals surface area contributed by atoms with E-state index in [-0.39, 0.29) is 0 Å². The quantitative estimate of drug-likeness (QED) is 0.479. The molecule has 1 fully saturated rings. The highest BCUT2D eigenvalue weighted by Crippen LogP contribution is 2.30.